The first-order chi connectivity index (χ1) is 15.2. The van der Waals surface area contributed by atoms with Crippen LogP contribution in [0.5, 0.6) is 5.88 Å². The summed E-state index contributed by atoms with van der Waals surface area (Å²) in [7, 11) is 0. The van der Waals surface area contributed by atoms with E-state index in [1.54, 1.807) is 6.08 Å². The molecule has 0 saturated carbocycles. The third-order valence-electron chi connectivity index (χ3n) is 5.44. The van der Waals surface area contributed by atoms with Gasteiger partial charge in [0, 0.05) is 16.0 Å². The molecule has 1 aliphatic rings. The second-order valence-electron chi connectivity index (χ2n) is 7.33. The molecule has 2 heterocycles. The fourth-order valence-corrected chi connectivity index (χ4v) is 4.70. The zero-order chi connectivity index (χ0) is 20.9. The van der Waals surface area contributed by atoms with Crippen LogP contribution in [-0.4, -0.2) is 10.1 Å². The minimum Gasteiger partial charge on any atom is -0.493 e. The molecule has 4 aromatic carbocycles. The molecule has 1 aliphatic heterocycles. The van der Waals surface area contributed by atoms with Crippen molar-refractivity contribution >= 4 is 44.8 Å². The SMILES string of the molecule is O=c1[nH]c(O)c(C=c2ccc(=C3N=c4c(c5ccccc5c5ccccc45)=N3)cc2)s1. The lowest BCUT2D eigenvalue weighted by molar-refractivity contribution is 0.455. The summed E-state index contributed by atoms with van der Waals surface area (Å²) in [4.78, 5) is 23.8. The van der Waals surface area contributed by atoms with Gasteiger partial charge in [-0.3, -0.25) is 9.78 Å². The quantitative estimate of drug-likeness (QED) is 0.408. The Hall–Kier alpha value is -4.03. The van der Waals surface area contributed by atoms with Crippen LogP contribution in [0.2, 0.25) is 0 Å². The molecule has 0 saturated heterocycles. The number of rotatable bonds is 1. The van der Waals surface area contributed by atoms with Crippen molar-refractivity contribution in [1.29, 1.82) is 0 Å². The highest BCUT2D eigenvalue weighted by molar-refractivity contribution is 7.10. The van der Waals surface area contributed by atoms with Crippen LogP contribution >= 0.6 is 11.3 Å². The van der Waals surface area contributed by atoms with Gasteiger partial charge in [-0.25, -0.2) is 9.98 Å². The zero-order valence-corrected chi connectivity index (χ0v) is 17.0. The predicted molar refractivity (Wildman–Crippen MR) is 123 cm³/mol. The standard InChI is InChI=1S/C25H15N3O2S/c29-24-20(31-25(30)28-24)13-14-9-11-15(12-10-14)23-26-21-18-7-3-1-5-16(18)17-6-2-4-8-19(17)22(21)27-23/h1-13,29H,(H,28,30). The Balaban J connectivity index is 1.59. The molecule has 31 heavy (non-hydrogen) atoms. The number of aromatic amines is 1. The molecule has 6 heteroatoms. The van der Waals surface area contributed by atoms with Crippen LogP contribution in [-0.2, 0) is 0 Å². The normalized spacial score (nSPS) is 12.6. The van der Waals surface area contributed by atoms with Crippen molar-refractivity contribution in [2.75, 3.05) is 0 Å². The summed E-state index contributed by atoms with van der Waals surface area (Å²) in [5, 5.41) is 17.9. The van der Waals surface area contributed by atoms with E-state index in [9.17, 15) is 9.90 Å². The number of fused-ring (bicyclic) bond motifs is 6. The lowest BCUT2D eigenvalue weighted by Gasteiger charge is -2.03. The number of H-pyrrole nitrogens is 1. The van der Waals surface area contributed by atoms with Gasteiger partial charge >= 0.3 is 4.87 Å². The van der Waals surface area contributed by atoms with E-state index in [1.165, 1.54) is 10.8 Å². The van der Waals surface area contributed by atoms with E-state index in [-0.39, 0.29) is 10.8 Å². The molecular weight excluding hydrogens is 406 g/mol. The van der Waals surface area contributed by atoms with Crippen molar-refractivity contribution in [1.82, 2.24) is 4.98 Å². The molecule has 1 aromatic heterocycles. The molecule has 0 fully saturated rings. The number of hydrogen-bond donors (Lipinski definition) is 2. The van der Waals surface area contributed by atoms with Gasteiger partial charge in [0.1, 0.15) is 0 Å². The summed E-state index contributed by atoms with van der Waals surface area (Å²) in [5.74, 6) is 0.570. The van der Waals surface area contributed by atoms with Crippen LogP contribution in [0.25, 0.3) is 33.4 Å². The Labute approximate surface area is 179 Å². The Morgan fingerprint density at radius 3 is 1.84 bits per heavy atom. The fourth-order valence-electron chi connectivity index (χ4n) is 4.01. The molecular formula is C25H15N3O2S. The van der Waals surface area contributed by atoms with E-state index in [2.05, 4.69) is 29.2 Å². The molecule has 0 bridgehead atoms. The van der Waals surface area contributed by atoms with E-state index in [1.807, 2.05) is 48.5 Å². The van der Waals surface area contributed by atoms with Crippen molar-refractivity contribution in [3.05, 3.63) is 108 Å². The number of thiazole rings is 1. The lowest BCUT2D eigenvalue weighted by atomic mass is 10.0. The molecule has 0 atom stereocenters. The van der Waals surface area contributed by atoms with Crippen molar-refractivity contribution in [3.63, 3.8) is 0 Å². The van der Waals surface area contributed by atoms with E-state index >= 15 is 0 Å². The summed E-state index contributed by atoms with van der Waals surface area (Å²) in [6, 6.07) is 24.4. The fraction of sp³-hybridized carbons (Fsp3) is 0. The Morgan fingerprint density at radius 2 is 1.32 bits per heavy atom. The molecule has 0 aliphatic carbocycles. The molecule has 5 aromatic rings. The van der Waals surface area contributed by atoms with Gasteiger partial charge in [-0.15, -0.1) is 0 Å². The maximum Gasteiger partial charge on any atom is 0.307 e. The first-order valence-corrected chi connectivity index (χ1v) is 10.6. The van der Waals surface area contributed by atoms with Gasteiger partial charge in [0.05, 0.1) is 15.6 Å². The third-order valence-corrected chi connectivity index (χ3v) is 6.26. The van der Waals surface area contributed by atoms with E-state index < -0.39 is 0 Å². The van der Waals surface area contributed by atoms with Gasteiger partial charge < -0.3 is 5.11 Å². The summed E-state index contributed by atoms with van der Waals surface area (Å²) in [5.41, 5.74) is 0. The first-order valence-electron chi connectivity index (χ1n) is 9.78. The minimum absolute atomic E-state index is 0.108. The minimum atomic E-state index is -0.281. The highest BCUT2D eigenvalue weighted by Gasteiger charge is 2.12. The summed E-state index contributed by atoms with van der Waals surface area (Å²) in [6.07, 6.45) is 1.77. The van der Waals surface area contributed by atoms with Gasteiger partial charge in [0.15, 0.2) is 5.82 Å². The Kier molecular flexibility index (Phi) is 3.88. The largest absolute Gasteiger partial charge is 0.493 e. The van der Waals surface area contributed by atoms with Gasteiger partial charge in [0.25, 0.3) is 0 Å². The van der Waals surface area contributed by atoms with E-state index in [4.69, 9.17) is 9.98 Å². The Bertz CT molecular complexity index is 1730. The van der Waals surface area contributed by atoms with Crippen LogP contribution in [0.4, 0.5) is 0 Å². The maximum absolute atomic E-state index is 11.4. The number of aromatic nitrogens is 1. The van der Waals surface area contributed by atoms with Crippen LogP contribution in [0.3, 0.4) is 0 Å². The van der Waals surface area contributed by atoms with Crippen LogP contribution < -0.4 is 26.0 Å². The van der Waals surface area contributed by atoms with Crippen molar-refractivity contribution < 1.29 is 5.11 Å². The van der Waals surface area contributed by atoms with Gasteiger partial charge in [0.2, 0.25) is 5.88 Å². The van der Waals surface area contributed by atoms with E-state index in [0.29, 0.717) is 10.7 Å². The van der Waals surface area contributed by atoms with Crippen LogP contribution in [0.1, 0.15) is 4.88 Å². The lowest BCUT2D eigenvalue weighted by Crippen LogP contribution is -2.23. The topological polar surface area (TPSA) is 77.8 Å². The van der Waals surface area contributed by atoms with Gasteiger partial charge in [-0.05, 0) is 22.1 Å². The second-order valence-corrected chi connectivity index (χ2v) is 8.34. The molecule has 6 rings (SSSR count). The molecule has 148 valence electrons. The monoisotopic (exact) mass is 421 g/mol. The first kappa shape index (κ1) is 17.8. The highest BCUT2D eigenvalue weighted by Crippen LogP contribution is 2.21. The molecule has 0 amide bonds. The zero-order valence-electron chi connectivity index (χ0n) is 16.2. The molecule has 2 N–H and O–H groups in total. The number of hydrogen-bond acceptors (Lipinski definition) is 5. The van der Waals surface area contributed by atoms with Crippen molar-refractivity contribution in [2.24, 2.45) is 9.98 Å². The average molecular weight is 421 g/mol. The predicted octanol–water partition coefficient (Wildman–Crippen LogP) is 2.30. The smallest absolute Gasteiger partial charge is 0.307 e. The Morgan fingerprint density at radius 1 is 0.774 bits per heavy atom. The third kappa shape index (κ3) is 2.88. The summed E-state index contributed by atoms with van der Waals surface area (Å²) < 4.78 is 0. The maximum atomic E-state index is 11.4. The molecule has 0 spiro atoms. The average Bonchev–Trinajstić information content (AvgIpc) is 3.38. The summed E-state index contributed by atoms with van der Waals surface area (Å²) in [6.45, 7) is 0. The number of nitrogens with zero attached hydrogens (tertiary/aromatic N) is 2. The molecule has 5 nitrogen and oxygen atoms in total. The summed E-state index contributed by atoms with van der Waals surface area (Å²) >= 11 is 0.974. The van der Waals surface area contributed by atoms with Crippen LogP contribution in [0, 0.1) is 0 Å². The molecule has 0 unspecified atom stereocenters. The number of nitrogens with one attached hydrogen (secondary N) is 1. The van der Waals surface area contributed by atoms with Crippen molar-refractivity contribution in [3.8, 4) is 5.88 Å². The number of benzene rings is 4. The van der Waals surface area contributed by atoms with Gasteiger partial charge in [-0.2, -0.15) is 0 Å². The van der Waals surface area contributed by atoms with Crippen LogP contribution in [0.15, 0.2) is 87.6 Å². The second kappa shape index (κ2) is 6.75. The van der Waals surface area contributed by atoms with E-state index in [0.717, 1.165) is 43.3 Å². The van der Waals surface area contributed by atoms with Gasteiger partial charge in [-0.1, -0.05) is 84.1 Å². The number of aromatic hydroxyl groups is 1. The van der Waals surface area contributed by atoms with Crippen molar-refractivity contribution in [2.45, 2.75) is 0 Å². The molecule has 0 radical (unpaired) electrons. The highest BCUT2D eigenvalue weighted by atomic mass is 32.1.